The van der Waals surface area contributed by atoms with Crippen LogP contribution in [0.25, 0.3) is 0 Å². The van der Waals surface area contributed by atoms with Gasteiger partial charge in [-0.1, -0.05) is 23.2 Å². The molecule has 0 aliphatic carbocycles. The van der Waals surface area contributed by atoms with Crippen LogP contribution >= 0.6 is 23.2 Å². The van der Waals surface area contributed by atoms with E-state index in [2.05, 4.69) is 0 Å². The number of amides is 1. The van der Waals surface area contributed by atoms with Crippen molar-refractivity contribution in [2.75, 3.05) is 39.3 Å². The molecule has 1 aliphatic heterocycles. The third kappa shape index (κ3) is 5.71. The first kappa shape index (κ1) is 21.2. The van der Waals surface area contributed by atoms with Crippen LogP contribution < -0.4 is 5.32 Å². The summed E-state index contributed by atoms with van der Waals surface area (Å²) in [6, 6.07) is 3.99. The zero-order valence-corrected chi connectivity index (χ0v) is 15.7. The molecule has 1 heterocycles. The lowest BCUT2D eigenvalue weighted by atomic mass is 10.3. The Balaban J connectivity index is 1.91. The van der Waals surface area contributed by atoms with Crippen molar-refractivity contribution in [1.29, 1.82) is 0 Å². The first-order valence-electron chi connectivity index (χ1n) is 7.50. The van der Waals surface area contributed by atoms with E-state index in [1.54, 1.807) is 10.2 Å². The van der Waals surface area contributed by atoms with Crippen molar-refractivity contribution in [3.8, 4) is 0 Å². The van der Waals surface area contributed by atoms with Crippen molar-refractivity contribution in [2.24, 2.45) is 0 Å². The number of piperazine rings is 1. The van der Waals surface area contributed by atoms with Gasteiger partial charge in [-0.3, -0.25) is 9.69 Å². The number of nitrogens with one attached hydrogen (secondary N) is 1. The van der Waals surface area contributed by atoms with Gasteiger partial charge in [0.05, 0.1) is 21.5 Å². The third-order valence-electron chi connectivity index (χ3n) is 3.71. The number of benzene rings is 1. The van der Waals surface area contributed by atoms with Gasteiger partial charge in [-0.25, -0.2) is 8.42 Å². The first-order valence-corrected chi connectivity index (χ1v) is 9.69. The number of carbonyl (C=O) groups excluding carboxylic acids is 1. The monoisotopic (exact) mass is 433 g/mol. The Morgan fingerprint density at radius 1 is 1.12 bits per heavy atom. The fourth-order valence-corrected chi connectivity index (χ4v) is 4.18. The topological polar surface area (TPSA) is 69.7 Å². The maximum absolute atomic E-state index is 12.6. The second kappa shape index (κ2) is 8.30. The molecule has 12 heteroatoms. The standard InChI is InChI=1S/C14H16Cl2F3N3O3S/c15-11-2-1-10(7-12(11)16)26(24,25)22-5-3-21(4-6-22)8-13(23)20-9-14(17,18)19/h1-2,7H,3-6,8-9H2,(H,20,23). The third-order valence-corrected chi connectivity index (χ3v) is 6.35. The Bertz CT molecular complexity index is 766. The lowest BCUT2D eigenvalue weighted by Gasteiger charge is -2.33. The predicted molar refractivity (Wildman–Crippen MR) is 90.7 cm³/mol. The van der Waals surface area contributed by atoms with Crippen LogP contribution in [0.4, 0.5) is 13.2 Å². The van der Waals surface area contributed by atoms with Crippen molar-refractivity contribution in [1.82, 2.24) is 14.5 Å². The fourth-order valence-electron chi connectivity index (χ4n) is 2.37. The summed E-state index contributed by atoms with van der Waals surface area (Å²) in [5, 5.41) is 2.14. The van der Waals surface area contributed by atoms with Crippen LogP contribution in [0.5, 0.6) is 0 Å². The van der Waals surface area contributed by atoms with Crippen LogP contribution in [-0.2, 0) is 14.8 Å². The quantitative estimate of drug-likeness (QED) is 0.770. The maximum Gasteiger partial charge on any atom is 0.405 e. The Hall–Kier alpha value is -1.07. The number of hydrogen-bond donors (Lipinski definition) is 1. The highest BCUT2D eigenvalue weighted by atomic mass is 35.5. The van der Waals surface area contributed by atoms with Crippen LogP contribution in [0.2, 0.25) is 10.0 Å². The average molecular weight is 434 g/mol. The van der Waals surface area contributed by atoms with E-state index < -0.39 is 28.7 Å². The Labute approximate surface area is 158 Å². The Morgan fingerprint density at radius 2 is 1.73 bits per heavy atom. The summed E-state index contributed by atoms with van der Waals surface area (Å²) in [5.41, 5.74) is 0. The van der Waals surface area contributed by atoms with Gasteiger partial charge in [0.15, 0.2) is 0 Å². The molecule has 0 aromatic heterocycles. The maximum atomic E-state index is 12.6. The number of sulfonamides is 1. The van der Waals surface area contributed by atoms with Gasteiger partial charge >= 0.3 is 6.18 Å². The van der Waals surface area contributed by atoms with Crippen molar-refractivity contribution in [3.05, 3.63) is 28.2 Å². The van der Waals surface area contributed by atoms with Crippen LogP contribution in [0.3, 0.4) is 0 Å². The molecule has 1 aliphatic rings. The van der Waals surface area contributed by atoms with Gasteiger partial charge < -0.3 is 5.32 Å². The molecular weight excluding hydrogens is 418 g/mol. The van der Waals surface area contributed by atoms with E-state index in [0.717, 1.165) is 0 Å². The lowest BCUT2D eigenvalue weighted by Crippen LogP contribution is -2.51. The molecule has 1 aromatic rings. The van der Waals surface area contributed by atoms with E-state index in [9.17, 15) is 26.4 Å². The molecule has 6 nitrogen and oxygen atoms in total. The Kier molecular flexibility index (Phi) is 6.78. The number of nitrogens with zero attached hydrogens (tertiary/aromatic N) is 2. The van der Waals surface area contributed by atoms with Gasteiger partial charge in [-0.2, -0.15) is 17.5 Å². The molecular formula is C14H16Cl2F3N3O3S. The number of alkyl halides is 3. The summed E-state index contributed by atoms with van der Waals surface area (Å²) >= 11 is 11.6. The van der Waals surface area contributed by atoms with E-state index in [4.69, 9.17) is 23.2 Å². The molecule has 1 fully saturated rings. The number of hydrogen-bond acceptors (Lipinski definition) is 4. The van der Waals surface area contributed by atoms with Gasteiger partial charge in [0.1, 0.15) is 6.54 Å². The van der Waals surface area contributed by atoms with E-state index >= 15 is 0 Å². The first-order chi connectivity index (χ1) is 12.0. The van der Waals surface area contributed by atoms with E-state index in [0.29, 0.717) is 0 Å². The SMILES string of the molecule is O=C(CN1CCN(S(=O)(=O)c2ccc(Cl)c(Cl)c2)CC1)NCC(F)(F)F. The van der Waals surface area contributed by atoms with Crippen LogP contribution in [0.15, 0.2) is 23.1 Å². The summed E-state index contributed by atoms with van der Waals surface area (Å²) in [4.78, 5) is 13.1. The van der Waals surface area contributed by atoms with Crippen LogP contribution in [0.1, 0.15) is 0 Å². The highest BCUT2D eigenvalue weighted by Crippen LogP contribution is 2.27. The number of carbonyl (C=O) groups is 1. The zero-order chi connectivity index (χ0) is 19.5. The summed E-state index contributed by atoms with van der Waals surface area (Å²) in [5.74, 6) is -0.761. The van der Waals surface area contributed by atoms with E-state index in [-0.39, 0.29) is 47.7 Å². The van der Waals surface area contributed by atoms with Crippen molar-refractivity contribution in [3.63, 3.8) is 0 Å². The molecule has 146 valence electrons. The second-order valence-corrected chi connectivity index (χ2v) is 8.40. The molecule has 0 spiro atoms. The molecule has 0 bridgehead atoms. The minimum atomic E-state index is -4.47. The molecule has 0 radical (unpaired) electrons. The molecule has 2 rings (SSSR count). The summed E-state index contributed by atoms with van der Waals surface area (Å²) in [7, 11) is -3.77. The molecule has 0 atom stereocenters. The van der Waals surface area contributed by atoms with Gasteiger partial charge in [0.2, 0.25) is 15.9 Å². The average Bonchev–Trinajstić information content (AvgIpc) is 2.55. The van der Waals surface area contributed by atoms with Crippen molar-refractivity contribution < 1.29 is 26.4 Å². The van der Waals surface area contributed by atoms with Gasteiger partial charge in [0.25, 0.3) is 0 Å². The zero-order valence-electron chi connectivity index (χ0n) is 13.4. The molecule has 0 saturated carbocycles. The Morgan fingerprint density at radius 3 is 2.27 bits per heavy atom. The van der Waals surface area contributed by atoms with Gasteiger partial charge in [-0.05, 0) is 18.2 Å². The predicted octanol–water partition coefficient (Wildman–Crippen LogP) is 1.98. The molecule has 1 aromatic carbocycles. The highest BCUT2D eigenvalue weighted by Gasteiger charge is 2.31. The highest BCUT2D eigenvalue weighted by molar-refractivity contribution is 7.89. The molecule has 0 unspecified atom stereocenters. The molecule has 1 amide bonds. The van der Waals surface area contributed by atoms with E-state index in [1.807, 2.05) is 0 Å². The van der Waals surface area contributed by atoms with Gasteiger partial charge in [-0.15, -0.1) is 0 Å². The minimum absolute atomic E-state index is 0.00303. The largest absolute Gasteiger partial charge is 0.405 e. The summed E-state index contributed by atoms with van der Waals surface area (Å²) < 4.78 is 62.6. The molecule has 1 N–H and O–H groups in total. The number of rotatable bonds is 5. The normalized spacial score (nSPS) is 17.3. The fraction of sp³-hybridized carbons (Fsp3) is 0.500. The van der Waals surface area contributed by atoms with Crippen molar-refractivity contribution >= 4 is 39.1 Å². The van der Waals surface area contributed by atoms with Crippen molar-refractivity contribution in [2.45, 2.75) is 11.1 Å². The number of halogens is 5. The van der Waals surface area contributed by atoms with E-state index in [1.165, 1.54) is 22.5 Å². The van der Waals surface area contributed by atoms with Gasteiger partial charge in [0, 0.05) is 26.2 Å². The second-order valence-electron chi connectivity index (χ2n) is 5.65. The summed E-state index contributed by atoms with van der Waals surface area (Å²) in [6.07, 6.45) is -4.47. The smallest absolute Gasteiger partial charge is 0.346 e. The van der Waals surface area contributed by atoms with Crippen LogP contribution in [0, 0.1) is 0 Å². The summed E-state index contributed by atoms with van der Waals surface area (Å²) in [6.45, 7) is -0.960. The lowest BCUT2D eigenvalue weighted by molar-refractivity contribution is -0.139. The molecule has 26 heavy (non-hydrogen) atoms. The van der Waals surface area contributed by atoms with Crippen LogP contribution in [-0.4, -0.2) is 69.0 Å². The minimum Gasteiger partial charge on any atom is -0.346 e. The molecule has 1 saturated heterocycles.